The summed E-state index contributed by atoms with van der Waals surface area (Å²) >= 11 is 1.01. The van der Waals surface area contributed by atoms with Gasteiger partial charge < -0.3 is 0 Å². The van der Waals surface area contributed by atoms with E-state index in [1.807, 2.05) is 0 Å². The van der Waals surface area contributed by atoms with Gasteiger partial charge in [-0.1, -0.05) is 0 Å². The van der Waals surface area contributed by atoms with Gasteiger partial charge in [0.15, 0.2) is 0 Å². The molecule has 0 N–H and O–H groups in total. The molecule has 0 nitrogen and oxygen atoms in total. The van der Waals surface area contributed by atoms with E-state index in [1.54, 1.807) is 0 Å². The van der Waals surface area contributed by atoms with Crippen LogP contribution in [0.4, 0.5) is 0 Å². The molecule has 4 heavy (non-hydrogen) atoms. The summed E-state index contributed by atoms with van der Waals surface area (Å²) in [5.41, 5.74) is 0. The second-order valence-corrected chi connectivity index (χ2v) is 2.35. The van der Waals surface area contributed by atoms with Crippen molar-refractivity contribution >= 4 is 14.7 Å². The second kappa shape index (κ2) is 8.86. The molecule has 0 saturated carbocycles. The molecule has 0 bridgehead atoms. The molecule has 0 spiro atoms. The standard InChI is InChI=1S/Fe.Ni.2P. The Labute approximate surface area is 44.2 Å². The second-order valence-electron chi connectivity index (χ2n) is 0.0632. The van der Waals surface area contributed by atoms with Gasteiger partial charge in [-0.2, -0.15) is 0 Å². The summed E-state index contributed by atoms with van der Waals surface area (Å²) in [4.78, 5) is 0. The van der Waals surface area contributed by atoms with E-state index in [4.69, 9.17) is 0 Å². The van der Waals surface area contributed by atoms with Crippen LogP contribution in [-0.2, 0) is 29.3 Å². The molecule has 0 rings (SSSR count). The first kappa shape index (κ1) is 9.30. The van der Waals surface area contributed by atoms with E-state index in [-0.39, 0.29) is 17.1 Å². The van der Waals surface area contributed by atoms with Gasteiger partial charge >= 0.3 is 26.9 Å². The maximum absolute atomic E-state index is 3.59. The van der Waals surface area contributed by atoms with Gasteiger partial charge in [0.25, 0.3) is 0 Å². The van der Waals surface area contributed by atoms with Crippen LogP contribution in [0.3, 0.4) is 0 Å². The minimum atomic E-state index is 0. The average molecular weight is 176 g/mol. The zero-order valence-electron chi connectivity index (χ0n) is 1.56. The molecule has 0 aromatic carbocycles. The Balaban J connectivity index is 0. The Bertz CT molecular complexity index is 79.2. The molecule has 0 aromatic heterocycles. The van der Waals surface area contributed by atoms with Gasteiger partial charge in [-0.05, 0) is 0 Å². The zero-order valence-corrected chi connectivity index (χ0v) is 5.44. The molecule has 0 aliphatic carbocycles. The van der Waals surface area contributed by atoms with E-state index < -0.39 is 0 Å². The first-order valence-electron chi connectivity index (χ1n) is 0.283. The van der Waals surface area contributed by atoms with Gasteiger partial charge in [-0.15, -0.1) is 0 Å². The normalized spacial score (nSPS) is 3.50. The molecule has 0 radical (unpaired) electrons. The van der Waals surface area contributed by atoms with Crippen LogP contribution in [0.1, 0.15) is 0 Å². The van der Waals surface area contributed by atoms with Crippen LogP contribution in [0.5, 0.6) is 0 Å². The van der Waals surface area contributed by atoms with Gasteiger partial charge in [0.05, 0.1) is 0 Å². The summed E-state index contributed by atoms with van der Waals surface area (Å²) in [5, 5.41) is 0. The van der Waals surface area contributed by atoms with Crippen LogP contribution in [0.25, 0.3) is 0 Å². The number of hydrogen-bond acceptors (Lipinski definition) is 0. The molecular weight excluding hydrogens is 176 g/mol. The summed E-state index contributed by atoms with van der Waals surface area (Å²) in [5.74, 6) is 0. The molecule has 4 heteroatoms. The molecule has 0 aliphatic heterocycles. The fourth-order valence-corrected chi connectivity index (χ4v) is 0. The van der Waals surface area contributed by atoms with Crippen LogP contribution in [0.2, 0.25) is 0 Å². The van der Waals surface area contributed by atoms with Crippen LogP contribution < -0.4 is 0 Å². The summed E-state index contributed by atoms with van der Waals surface area (Å²) in [7, 11) is 7.18. The molecule has 0 amide bonds. The van der Waals surface area contributed by atoms with Crippen molar-refractivity contribution in [3.63, 3.8) is 0 Å². The van der Waals surface area contributed by atoms with Crippen molar-refractivity contribution in [2.24, 2.45) is 0 Å². The van der Waals surface area contributed by atoms with Gasteiger partial charge in [0.1, 0.15) is 0 Å². The van der Waals surface area contributed by atoms with E-state index in [9.17, 15) is 0 Å². The van der Waals surface area contributed by atoms with Gasteiger partial charge in [-0.25, -0.2) is 0 Å². The van der Waals surface area contributed by atoms with E-state index in [1.165, 1.54) is 0 Å². The summed E-state index contributed by atoms with van der Waals surface area (Å²) in [6.07, 6.45) is 0. The molecule has 0 aliphatic rings. The molecule has 0 aromatic rings. The van der Waals surface area contributed by atoms with Crippen molar-refractivity contribution in [1.29, 1.82) is 0 Å². The Hall–Kier alpha value is 1.87. The third-order valence-corrected chi connectivity index (χ3v) is 0. The third-order valence-electron chi connectivity index (χ3n) is 0. The summed E-state index contributed by atoms with van der Waals surface area (Å²) < 4.78 is 0. The third kappa shape index (κ3) is 9.11. The number of hydrogen-bond donors (Lipinski definition) is 0. The van der Waals surface area contributed by atoms with Crippen LogP contribution in [0.15, 0.2) is 0 Å². The first-order valence-corrected chi connectivity index (χ1v) is 3.50. The topological polar surface area (TPSA) is 0 Å². The first-order chi connectivity index (χ1) is 1.41. The van der Waals surface area contributed by atoms with Crippen molar-refractivity contribution in [3.05, 3.63) is 0 Å². The average Bonchev–Trinajstić information content (AvgIpc) is 0.918. The van der Waals surface area contributed by atoms with E-state index in [0.29, 0.717) is 0 Å². The Morgan fingerprint density at radius 2 is 1.25 bits per heavy atom. The molecular formula is FeNiP2. The predicted octanol–water partition coefficient (Wildman–Crippen LogP) is 1.72. The molecule has 0 atom stereocenters. The Morgan fingerprint density at radius 1 is 1.25 bits per heavy atom. The van der Waals surface area contributed by atoms with E-state index in [2.05, 4.69) is 14.7 Å². The van der Waals surface area contributed by atoms with E-state index >= 15 is 0 Å². The SMILES string of the molecule is [Fe].[P]#[Ni]#[P]. The molecule has 28 valence electrons. The number of rotatable bonds is 0. The Kier molecular flexibility index (Phi) is 20.6. The fourth-order valence-electron chi connectivity index (χ4n) is 0. The van der Waals surface area contributed by atoms with Crippen LogP contribution in [-0.4, -0.2) is 0 Å². The zero-order chi connectivity index (χ0) is 2.71. The Morgan fingerprint density at radius 3 is 1.25 bits per heavy atom. The van der Waals surface area contributed by atoms with Crippen LogP contribution >= 0.6 is 14.7 Å². The fraction of sp³-hybridized carbons (Fsp3) is 0. The van der Waals surface area contributed by atoms with E-state index in [0.717, 1.165) is 12.2 Å². The molecule has 0 saturated heterocycles. The van der Waals surface area contributed by atoms with Gasteiger partial charge in [0.2, 0.25) is 0 Å². The molecule has 0 heterocycles. The monoisotopic (exact) mass is 176 g/mol. The minimum absolute atomic E-state index is 0. The van der Waals surface area contributed by atoms with Crippen molar-refractivity contribution in [1.82, 2.24) is 0 Å². The summed E-state index contributed by atoms with van der Waals surface area (Å²) in [6, 6.07) is 0. The molecule has 0 fully saturated rings. The van der Waals surface area contributed by atoms with Crippen molar-refractivity contribution in [2.45, 2.75) is 0 Å². The molecule has 0 unspecified atom stereocenters. The maximum atomic E-state index is 3.59. The van der Waals surface area contributed by atoms with Crippen molar-refractivity contribution in [3.8, 4) is 0 Å². The van der Waals surface area contributed by atoms with Crippen molar-refractivity contribution in [2.75, 3.05) is 0 Å². The van der Waals surface area contributed by atoms with Gasteiger partial charge in [-0.3, -0.25) is 0 Å². The predicted molar refractivity (Wildman–Crippen MR) is 13.8 cm³/mol. The van der Waals surface area contributed by atoms with Gasteiger partial charge in [0, 0.05) is 17.1 Å². The van der Waals surface area contributed by atoms with Crippen LogP contribution in [0, 0.1) is 0 Å². The van der Waals surface area contributed by atoms with Crippen molar-refractivity contribution < 1.29 is 29.3 Å². The summed E-state index contributed by atoms with van der Waals surface area (Å²) in [6.45, 7) is 0. The quantitative estimate of drug-likeness (QED) is 0.389.